The molecule has 1 aromatic carbocycles. The van der Waals surface area contributed by atoms with Gasteiger partial charge in [-0.2, -0.15) is 0 Å². The molecular formula is C14H19ClO. The maximum absolute atomic E-state index is 6.37. The van der Waals surface area contributed by atoms with Crippen LogP contribution < -0.4 is 0 Å². The fourth-order valence-corrected chi connectivity index (χ4v) is 2.29. The Hall–Kier alpha value is -0.530. The van der Waals surface area contributed by atoms with Crippen LogP contribution in [0.25, 0.3) is 0 Å². The van der Waals surface area contributed by atoms with Gasteiger partial charge in [0.15, 0.2) is 0 Å². The summed E-state index contributed by atoms with van der Waals surface area (Å²) in [6.45, 7) is 0.783. The molecule has 1 unspecified atom stereocenters. The summed E-state index contributed by atoms with van der Waals surface area (Å²) in [5.74, 6) is 0.885. The molecule has 2 rings (SSSR count). The van der Waals surface area contributed by atoms with Gasteiger partial charge in [0.05, 0.1) is 12.0 Å². The molecule has 1 saturated carbocycles. The highest BCUT2D eigenvalue weighted by Crippen LogP contribution is 2.40. The summed E-state index contributed by atoms with van der Waals surface area (Å²) in [6.07, 6.45) is 4.86. The van der Waals surface area contributed by atoms with Gasteiger partial charge in [0.1, 0.15) is 0 Å². The summed E-state index contributed by atoms with van der Waals surface area (Å²) in [5.41, 5.74) is 2.58. The predicted molar refractivity (Wildman–Crippen MR) is 68.0 cm³/mol. The number of hydrogen-bond donors (Lipinski definition) is 0. The molecule has 0 aliphatic heterocycles. The summed E-state index contributed by atoms with van der Waals surface area (Å²) in [4.78, 5) is 0. The van der Waals surface area contributed by atoms with Crippen molar-refractivity contribution in [3.63, 3.8) is 0 Å². The fraction of sp³-hybridized carbons (Fsp3) is 0.571. The zero-order valence-corrected chi connectivity index (χ0v) is 10.5. The van der Waals surface area contributed by atoms with Crippen LogP contribution in [0.2, 0.25) is 0 Å². The molecule has 0 radical (unpaired) electrons. The SMILES string of the molecule is COCCc1ccc(C(Cl)CC2CC2)cc1. The lowest BCUT2D eigenvalue weighted by molar-refractivity contribution is 0.202. The van der Waals surface area contributed by atoms with Crippen LogP contribution in [0.5, 0.6) is 0 Å². The van der Waals surface area contributed by atoms with Gasteiger partial charge >= 0.3 is 0 Å². The summed E-state index contributed by atoms with van der Waals surface area (Å²) < 4.78 is 5.06. The van der Waals surface area contributed by atoms with Crippen molar-refractivity contribution < 1.29 is 4.74 Å². The molecule has 1 nitrogen and oxygen atoms in total. The Balaban J connectivity index is 1.89. The summed E-state index contributed by atoms with van der Waals surface area (Å²) >= 11 is 6.37. The first-order chi connectivity index (χ1) is 7.79. The molecule has 0 bridgehead atoms. The van der Waals surface area contributed by atoms with E-state index in [1.807, 2.05) is 0 Å². The van der Waals surface area contributed by atoms with Gasteiger partial charge in [-0.15, -0.1) is 11.6 Å². The molecule has 1 aliphatic carbocycles. The molecule has 0 saturated heterocycles. The third-order valence-corrected chi connectivity index (χ3v) is 3.60. The Morgan fingerprint density at radius 2 is 2.00 bits per heavy atom. The maximum Gasteiger partial charge on any atom is 0.0587 e. The second-order valence-electron chi connectivity index (χ2n) is 4.63. The van der Waals surface area contributed by atoms with Gasteiger partial charge in [-0.05, 0) is 29.9 Å². The lowest BCUT2D eigenvalue weighted by atomic mass is 10.0. The summed E-state index contributed by atoms with van der Waals surface area (Å²) in [6, 6.07) is 8.64. The van der Waals surface area contributed by atoms with E-state index < -0.39 is 0 Å². The molecule has 88 valence electrons. The highest BCUT2D eigenvalue weighted by atomic mass is 35.5. The Morgan fingerprint density at radius 1 is 1.31 bits per heavy atom. The Morgan fingerprint density at radius 3 is 2.56 bits per heavy atom. The highest BCUT2D eigenvalue weighted by Gasteiger charge is 2.25. The molecule has 0 amide bonds. The summed E-state index contributed by atoms with van der Waals surface area (Å²) in [5, 5.41) is 0.198. The van der Waals surface area contributed by atoms with Crippen LogP contribution in [-0.4, -0.2) is 13.7 Å². The van der Waals surface area contributed by atoms with E-state index >= 15 is 0 Å². The van der Waals surface area contributed by atoms with Gasteiger partial charge in [-0.3, -0.25) is 0 Å². The third kappa shape index (κ3) is 3.50. The van der Waals surface area contributed by atoms with Crippen LogP contribution in [-0.2, 0) is 11.2 Å². The Kier molecular flexibility index (Phi) is 4.25. The Bertz CT molecular complexity index is 316. The van der Waals surface area contributed by atoms with Crippen molar-refractivity contribution in [1.29, 1.82) is 0 Å². The van der Waals surface area contributed by atoms with Crippen molar-refractivity contribution in [3.05, 3.63) is 35.4 Å². The van der Waals surface area contributed by atoms with Gasteiger partial charge in [-0.1, -0.05) is 37.1 Å². The van der Waals surface area contributed by atoms with E-state index in [2.05, 4.69) is 24.3 Å². The lowest BCUT2D eigenvalue weighted by Crippen LogP contribution is -1.96. The molecule has 1 aliphatic rings. The molecule has 2 heteroatoms. The van der Waals surface area contributed by atoms with E-state index in [1.165, 1.54) is 24.0 Å². The number of methoxy groups -OCH3 is 1. The average Bonchev–Trinajstić information content (AvgIpc) is 3.11. The number of alkyl halides is 1. The first kappa shape index (κ1) is 11.9. The normalized spacial score (nSPS) is 17.4. The van der Waals surface area contributed by atoms with Gasteiger partial charge in [0.2, 0.25) is 0 Å². The number of ether oxygens (including phenoxy) is 1. The number of hydrogen-bond acceptors (Lipinski definition) is 1. The second-order valence-corrected chi connectivity index (χ2v) is 5.16. The molecule has 0 spiro atoms. The quantitative estimate of drug-likeness (QED) is 0.682. The van der Waals surface area contributed by atoms with Crippen LogP contribution in [0.15, 0.2) is 24.3 Å². The number of rotatable bonds is 6. The van der Waals surface area contributed by atoms with Crippen molar-refractivity contribution in [3.8, 4) is 0 Å². The van der Waals surface area contributed by atoms with E-state index in [0.717, 1.165) is 25.4 Å². The van der Waals surface area contributed by atoms with E-state index in [9.17, 15) is 0 Å². The van der Waals surface area contributed by atoms with Gasteiger partial charge in [-0.25, -0.2) is 0 Å². The largest absolute Gasteiger partial charge is 0.384 e. The standard InChI is InChI=1S/C14H19ClO/c1-16-9-8-11-4-6-13(7-5-11)14(15)10-12-2-3-12/h4-7,12,14H,2-3,8-10H2,1H3. The maximum atomic E-state index is 6.37. The van der Waals surface area contributed by atoms with E-state index in [4.69, 9.17) is 16.3 Å². The zero-order valence-electron chi connectivity index (χ0n) is 9.79. The van der Waals surface area contributed by atoms with Crippen molar-refractivity contribution in [2.24, 2.45) is 5.92 Å². The topological polar surface area (TPSA) is 9.23 Å². The minimum atomic E-state index is 0.198. The Labute approximate surface area is 103 Å². The van der Waals surface area contributed by atoms with E-state index in [0.29, 0.717) is 0 Å². The molecule has 1 aromatic rings. The lowest BCUT2D eigenvalue weighted by Gasteiger charge is -2.09. The molecular weight excluding hydrogens is 220 g/mol. The second kappa shape index (κ2) is 5.70. The number of benzene rings is 1. The van der Waals surface area contributed by atoms with Crippen LogP contribution in [0.3, 0.4) is 0 Å². The van der Waals surface area contributed by atoms with Crippen LogP contribution >= 0.6 is 11.6 Å². The highest BCUT2D eigenvalue weighted by molar-refractivity contribution is 6.20. The molecule has 1 atom stereocenters. The van der Waals surface area contributed by atoms with Gasteiger partial charge < -0.3 is 4.74 Å². The first-order valence-electron chi connectivity index (χ1n) is 6.01. The minimum absolute atomic E-state index is 0.198. The van der Waals surface area contributed by atoms with Crippen molar-refractivity contribution in [2.75, 3.05) is 13.7 Å². The van der Waals surface area contributed by atoms with Crippen molar-refractivity contribution in [2.45, 2.75) is 31.1 Å². The third-order valence-electron chi connectivity index (χ3n) is 3.17. The molecule has 1 fully saturated rings. The van der Waals surface area contributed by atoms with Crippen LogP contribution in [0.1, 0.15) is 35.8 Å². The average molecular weight is 239 g/mol. The molecule has 0 aromatic heterocycles. The smallest absolute Gasteiger partial charge is 0.0587 e. The minimum Gasteiger partial charge on any atom is -0.384 e. The first-order valence-corrected chi connectivity index (χ1v) is 6.45. The van der Waals surface area contributed by atoms with Gasteiger partial charge in [0, 0.05) is 7.11 Å². The molecule has 0 N–H and O–H groups in total. The van der Waals surface area contributed by atoms with Crippen molar-refractivity contribution >= 4 is 11.6 Å². The zero-order chi connectivity index (χ0) is 11.4. The fourth-order valence-electron chi connectivity index (χ4n) is 1.90. The van der Waals surface area contributed by atoms with Gasteiger partial charge in [0.25, 0.3) is 0 Å². The van der Waals surface area contributed by atoms with Crippen LogP contribution in [0.4, 0.5) is 0 Å². The molecule has 0 heterocycles. The monoisotopic (exact) mass is 238 g/mol. The predicted octanol–water partition coefficient (Wildman–Crippen LogP) is 3.96. The molecule has 16 heavy (non-hydrogen) atoms. The van der Waals surface area contributed by atoms with E-state index in [-0.39, 0.29) is 5.38 Å². The van der Waals surface area contributed by atoms with E-state index in [1.54, 1.807) is 7.11 Å². The number of halogens is 1. The van der Waals surface area contributed by atoms with Crippen molar-refractivity contribution in [1.82, 2.24) is 0 Å². The van der Waals surface area contributed by atoms with Crippen LogP contribution in [0, 0.1) is 5.92 Å². The summed E-state index contributed by atoms with van der Waals surface area (Å²) in [7, 11) is 1.73.